The van der Waals surface area contributed by atoms with E-state index in [1.807, 2.05) is 6.92 Å². The van der Waals surface area contributed by atoms with Gasteiger partial charge in [-0.05, 0) is 43.3 Å². The molecule has 0 fully saturated rings. The molecule has 0 bridgehead atoms. The highest BCUT2D eigenvalue weighted by Gasteiger charge is 2.07. The first-order valence-electron chi connectivity index (χ1n) is 7.95. The SMILES string of the molecule is CCNC(=O)Nc1cccc(NC(=O)COc2cccc(C(N)=O)c2)c1. The summed E-state index contributed by atoms with van der Waals surface area (Å²) < 4.78 is 5.36. The van der Waals surface area contributed by atoms with Crippen LogP contribution < -0.4 is 26.4 Å². The number of carbonyl (C=O) groups is 3. The average molecular weight is 356 g/mol. The third kappa shape index (κ3) is 5.82. The fraction of sp³-hybridized carbons (Fsp3) is 0.167. The lowest BCUT2D eigenvalue weighted by Crippen LogP contribution is -2.28. The Morgan fingerprint density at radius 3 is 2.38 bits per heavy atom. The van der Waals surface area contributed by atoms with Crippen LogP contribution in [-0.4, -0.2) is 31.0 Å². The zero-order chi connectivity index (χ0) is 18.9. The predicted molar refractivity (Wildman–Crippen MR) is 98.2 cm³/mol. The van der Waals surface area contributed by atoms with Gasteiger partial charge in [-0.25, -0.2) is 4.79 Å². The van der Waals surface area contributed by atoms with Crippen LogP contribution in [0.1, 0.15) is 17.3 Å². The van der Waals surface area contributed by atoms with Crippen LogP contribution in [0.2, 0.25) is 0 Å². The second kappa shape index (κ2) is 9.07. The maximum Gasteiger partial charge on any atom is 0.319 e. The molecule has 0 aliphatic rings. The monoisotopic (exact) mass is 356 g/mol. The molecule has 2 aromatic carbocycles. The van der Waals surface area contributed by atoms with E-state index in [4.69, 9.17) is 10.5 Å². The van der Waals surface area contributed by atoms with E-state index in [1.165, 1.54) is 6.07 Å². The number of hydrogen-bond acceptors (Lipinski definition) is 4. The third-order valence-electron chi connectivity index (χ3n) is 3.23. The van der Waals surface area contributed by atoms with E-state index >= 15 is 0 Å². The third-order valence-corrected chi connectivity index (χ3v) is 3.23. The molecule has 0 radical (unpaired) electrons. The molecule has 5 N–H and O–H groups in total. The molecule has 0 spiro atoms. The van der Waals surface area contributed by atoms with E-state index < -0.39 is 5.91 Å². The van der Waals surface area contributed by atoms with Crippen LogP contribution >= 0.6 is 0 Å². The Balaban J connectivity index is 1.90. The van der Waals surface area contributed by atoms with Gasteiger partial charge in [-0.15, -0.1) is 0 Å². The molecule has 8 nitrogen and oxygen atoms in total. The Morgan fingerprint density at radius 2 is 1.69 bits per heavy atom. The fourth-order valence-corrected chi connectivity index (χ4v) is 2.10. The first-order valence-corrected chi connectivity index (χ1v) is 7.95. The van der Waals surface area contributed by atoms with E-state index in [0.29, 0.717) is 29.2 Å². The van der Waals surface area contributed by atoms with Crippen LogP contribution in [0.15, 0.2) is 48.5 Å². The summed E-state index contributed by atoms with van der Waals surface area (Å²) in [6.07, 6.45) is 0. The number of nitrogens with one attached hydrogen (secondary N) is 3. The van der Waals surface area contributed by atoms with Crippen LogP contribution in [0.3, 0.4) is 0 Å². The molecule has 4 amide bonds. The maximum atomic E-state index is 12.0. The van der Waals surface area contributed by atoms with Gasteiger partial charge in [-0.1, -0.05) is 12.1 Å². The lowest BCUT2D eigenvalue weighted by molar-refractivity contribution is -0.118. The van der Waals surface area contributed by atoms with Gasteiger partial charge in [0, 0.05) is 23.5 Å². The average Bonchev–Trinajstić information content (AvgIpc) is 2.60. The topological polar surface area (TPSA) is 123 Å². The van der Waals surface area contributed by atoms with Crippen LogP contribution in [0.4, 0.5) is 16.2 Å². The standard InChI is InChI=1S/C18H20N4O4/c1-2-20-18(25)22-14-7-4-6-13(10-14)21-16(23)11-26-15-8-3-5-12(9-15)17(19)24/h3-10H,2,11H2,1H3,(H2,19,24)(H,21,23)(H2,20,22,25). The summed E-state index contributed by atoms with van der Waals surface area (Å²) in [4.78, 5) is 34.7. The van der Waals surface area contributed by atoms with Gasteiger partial charge in [-0.3, -0.25) is 9.59 Å². The number of hydrogen-bond donors (Lipinski definition) is 4. The Labute approximate surface area is 150 Å². The second-order valence-corrected chi connectivity index (χ2v) is 5.29. The first kappa shape index (κ1) is 18.8. The van der Waals surface area contributed by atoms with Crippen molar-refractivity contribution in [2.75, 3.05) is 23.8 Å². The van der Waals surface area contributed by atoms with E-state index in [9.17, 15) is 14.4 Å². The van der Waals surface area contributed by atoms with Gasteiger partial charge in [0.2, 0.25) is 5.91 Å². The van der Waals surface area contributed by atoms with Gasteiger partial charge >= 0.3 is 6.03 Å². The first-order chi connectivity index (χ1) is 12.5. The molecule has 0 aromatic heterocycles. The van der Waals surface area contributed by atoms with Crippen LogP contribution in [0.5, 0.6) is 5.75 Å². The minimum atomic E-state index is -0.573. The number of primary amides is 1. The van der Waals surface area contributed by atoms with E-state index in [2.05, 4.69) is 16.0 Å². The lowest BCUT2D eigenvalue weighted by Gasteiger charge is -2.10. The van der Waals surface area contributed by atoms with Crippen molar-refractivity contribution in [3.05, 3.63) is 54.1 Å². The Morgan fingerprint density at radius 1 is 1.00 bits per heavy atom. The number of anilines is 2. The normalized spacial score (nSPS) is 9.88. The molecule has 0 aliphatic carbocycles. The van der Waals surface area contributed by atoms with Crippen LogP contribution in [0, 0.1) is 0 Å². The van der Waals surface area contributed by atoms with Gasteiger partial charge in [0.1, 0.15) is 5.75 Å². The molecule has 0 aliphatic heterocycles. The molecular weight excluding hydrogens is 336 g/mol. The molecule has 0 saturated heterocycles. The van der Waals surface area contributed by atoms with Crippen molar-refractivity contribution in [2.45, 2.75) is 6.92 Å². The summed E-state index contributed by atoms with van der Waals surface area (Å²) in [5.74, 6) is -0.593. The molecule has 0 heterocycles. The number of nitrogens with two attached hydrogens (primary N) is 1. The zero-order valence-corrected chi connectivity index (χ0v) is 14.2. The molecule has 2 rings (SSSR count). The zero-order valence-electron chi connectivity index (χ0n) is 14.2. The Hall–Kier alpha value is -3.55. The number of amides is 4. The number of carbonyl (C=O) groups excluding carboxylic acids is 3. The molecule has 136 valence electrons. The van der Waals surface area contributed by atoms with Crippen molar-refractivity contribution in [1.29, 1.82) is 0 Å². The number of rotatable bonds is 7. The van der Waals surface area contributed by atoms with Gasteiger partial charge in [0.25, 0.3) is 5.91 Å². The quantitative estimate of drug-likeness (QED) is 0.605. The van der Waals surface area contributed by atoms with Crippen LogP contribution in [-0.2, 0) is 4.79 Å². The predicted octanol–water partition coefficient (Wildman–Crippen LogP) is 1.94. The fourth-order valence-electron chi connectivity index (χ4n) is 2.10. The second-order valence-electron chi connectivity index (χ2n) is 5.29. The lowest BCUT2D eigenvalue weighted by atomic mass is 10.2. The van der Waals surface area contributed by atoms with Gasteiger partial charge in [0.05, 0.1) is 0 Å². The van der Waals surface area contributed by atoms with Crippen molar-refractivity contribution in [1.82, 2.24) is 5.32 Å². The van der Waals surface area contributed by atoms with Crippen molar-refractivity contribution in [3.63, 3.8) is 0 Å². The van der Waals surface area contributed by atoms with Crippen molar-refractivity contribution < 1.29 is 19.1 Å². The summed E-state index contributed by atoms with van der Waals surface area (Å²) in [5, 5.41) is 7.94. The minimum absolute atomic E-state index is 0.240. The number of benzene rings is 2. The molecular formula is C18H20N4O4. The molecule has 0 saturated carbocycles. The van der Waals surface area contributed by atoms with Crippen molar-refractivity contribution >= 4 is 29.2 Å². The summed E-state index contributed by atoms with van der Waals surface area (Å²) in [5.41, 5.74) is 6.56. The van der Waals surface area contributed by atoms with Crippen LogP contribution in [0.25, 0.3) is 0 Å². The summed E-state index contributed by atoms with van der Waals surface area (Å²) in [6.45, 7) is 2.09. The van der Waals surface area contributed by atoms with Crippen molar-refractivity contribution in [3.8, 4) is 5.75 Å². The molecule has 0 unspecified atom stereocenters. The maximum absolute atomic E-state index is 12.0. The van der Waals surface area contributed by atoms with Gasteiger partial charge in [0.15, 0.2) is 6.61 Å². The number of ether oxygens (including phenoxy) is 1. The van der Waals surface area contributed by atoms with E-state index in [-0.39, 0.29) is 18.5 Å². The number of urea groups is 1. The minimum Gasteiger partial charge on any atom is -0.484 e. The van der Waals surface area contributed by atoms with Crippen molar-refractivity contribution in [2.24, 2.45) is 5.73 Å². The smallest absolute Gasteiger partial charge is 0.319 e. The van der Waals surface area contributed by atoms with E-state index in [1.54, 1.807) is 42.5 Å². The highest BCUT2D eigenvalue weighted by Crippen LogP contribution is 2.16. The molecule has 26 heavy (non-hydrogen) atoms. The van der Waals surface area contributed by atoms with Gasteiger partial charge in [-0.2, -0.15) is 0 Å². The van der Waals surface area contributed by atoms with E-state index in [0.717, 1.165) is 0 Å². The van der Waals surface area contributed by atoms with Gasteiger partial charge < -0.3 is 26.4 Å². The molecule has 2 aromatic rings. The largest absolute Gasteiger partial charge is 0.484 e. The summed E-state index contributed by atoms with van der Waals surface area (Å²) in [7, 11) is 0. The molecule has 8 heteroatoms. The highest BCUT2D eigenvalue weighted by atomic mass is 16.5. The Bertz CT molecular complexity index is 807. The summed E-state index contributed by atoms with van der Waals surface area (Å²) >= 11 is 0. The highest BCUT2D eigenvalue weighted by molar-refractivity contribution is 5.94. The molecule has 0 atom stereocenters. The summed E-state index contributed by atoms with van der Waals surface area (Å²) in [6, 6.07) is 12.7. The Kier molecular flexibility index (Phi) is 6.55.